The van der Waals surface area contributed by atoms with Gasteiger partial charge in [-0.2, -0.15) is 5.10 Å². The van der Waals surface area contributed by atoms with E-state index in [0.717, 1.165) is 5.56 Å². The van der Waals surface area contributed by atoms with Crippen molar-refractivity contribution in [1.82, 2.24) is 5.43 Å². The normalized spacial score (nSPS) is 10.6. The Kier molecular flexibility index (Phi) is 5.46. The summed E-state index contributed by atoms with van der Waals surface area (Å²) < 4.78 is 10.4. The third-order valence-corrected chi connectivity index (χ3v) is 3.17. The Labute approximate surface area is 129 Å². The number of ether oxygens (including phenoxy) is 2. The molecule has 2 aromatic carbocycles. The third kappa shape index (κ3) is 4.13. The van der Waals surface area contributed by atoms with Crippen molar-refractivity contribution < 1.29 is 9.47 Å². The van der Waals surface area contributed by atoms with Crippen LogP contribution in [0.15, 0.2) is 47.6 Å². The first-order valence-electron chi connectivity index (χ1n) is 6.46. The molecule has 0 radical (unpaired) electrons. The lowest BCUT2D eigenvalue weighted by atomic mass is 10.2. The van der Waals surface area contributed by atoms with E-state index in [-0.39, 0.29) is 0 Å². The standard InChI is InChI=1S/C16H17ClN2O2/c1-20-15-9-13(8-14(17)16(15)21-2)11-19-18-10-12-6-4-3-5-7-12/h3-9,11,18H,10H2,1-2H3. The van der Waals surface area contributed by atoms with Gasteiger partial charge in [0.15, 0.2) is 11.5 Å². The van der Waals surface area contributed by atoms with Gasteiger partial charge < -0.3 is 14.9 Å². The molecule has 21 heavy (non-hydrogen) atoms. The highest BCUT2D eigenvalue weighted by Crippen LogP contribution is 2.35. The minimum Gasteiger partial charge on any atom is -0.493 e. The highest BCUT2D eigenvalue weighted by Gasteiger charge is 2.09. The highest BCUT2D eigenvalue weighted by atomic mass is 35.5. The van der Waals surface area contributed by atoms with E-state index in [2.05, 4.69) is 10.5 Å². The molecular weight excluding hydrogens is 288 g/mol. The van der Waals surface area contributed by atoms with Gasteiger partial charge in [-0.3, -0.25) is 0 Å². The van der Waals surface area contributed by atoms with Crippen LogP contribution in [0.4, 0.5) is 0 Å². The molecule has 0 atom stereocenters. The summed E-state index contributed by atoms with van der Waals surface area (Å²) in [5.74, 6) is 1.10. The van der Waals surface area contributed by atoms with Gasteiger partial charge in [0.25, 0.3) is 0 Å². The first-order valence-corrected chi connectivity index (χ1v) is 6.83. The van der Waals surface area contributed by atoms with E-state index in [1.165, 1.54) is 5.56 Å². The van der Waals surface area contributed by atoms with Crippen molar-refractivity contribution in [3.63, 3.8) is 0 Å². The molecule has 1 N–H and O–H groups in total. The van der Waals surface area contributed by atoms with Gasteiger partial charge in [-0.1, -0.05) is 41.9 Å². The van der Waals surface area contributed by atoms with E-state index in [4.69, 9.17) is 21.1 Å². The number of methoxy groups -OCH3 is 2. The molecule has 0 aliphatic carbocycles. The molecule has 0 bridgehead atoms. The number of hydrazone groups is 1. The average Bonchev–Trinajstić information content (AvgIpc) is 2.52. The fraction of sp³-hybridized carbons (Fsp3) is 0.188. The van der Waals surface area contributed by atoms with Crippen LogP contribution >= 0.6 is 11.6 Å². The minimum absolute atomic E-state index is 0.487. The lowest BCUT2D eigenvalue weighted by Gasteiger charge is -2.10. The third-order valence-electron chi connectivity index (χ3n) is 2.89. The lowest BCUT2D eigenvalue weighted by Crippen LogP contribution is -2.05. The number of hydrogen-bond donors (Lipinski definition) is 1. The molecule has 0 amide bonds. The van der Waals surface area contributed by atoms with Crippen LogP contribution in [0.2, 0.25) is 5.02 Å². The molecule has 2 rings (SSSR count). The van der Waals surface area contributed by atoms with Gasteiger partial charge in [-0.05, 0) is 23.3 Å². The van der Waals surface area contributed by atoms with Crippen molar-refractivity contribution in [3.8, 4) is 11.5 Å². The van der Waals surface area contributed by atoms with Gasteiger partial charge >= 0.3 is 0 Å². The van der Waals surface area contributed by atoms with Crippen LogP contribution in [-0.4, -0.2) is 20.4 Å². The van der Waals surface area contributed by atoms with Gasteiger partial charge in [0, 0.05) is 0 Å². The SMILES string of the molecule is COc1cc(C=NNCc2ccccc2)cc(Cl)c1OC. The molecule has 0 heterocycles. The second-order valence-electron chi connectivity index (χ2n) is 4.32. The number of hydrogen-bond acceptors (Lipinski definition) is 4. The second kappa shape index (κ2) is 7.55. The maximum atomic E-state index is 6.14. The van der Waals surface area contributed by atoms with E-state index >= 15 is 0 Å². The molecule has 0 saturated heterocycles. The predicted octanol–water partition coefficient (Wildman–Crippen LogP) is 3.48. The van der Waals surface area contributed by atoms with Gasteiger partial charge in [-0.25, -0.2) is 0 Å². The summed E-state index contributed by atoms with van der Waals surface area (Å²) in [6, 6.07) is 13.6. The largest absolute Gasteiger partial charge is 0.493 e. The van der Waals surface area contributed by atoms with Gasteiger partial charge in [-0.15, -0.1) is 0 Å². The molecule has 110 valence electrons. The zero-order valence-corrected chi connectivity index (χ0v) is 12.7. The molecule has 0 aliphatic rings. The summed E-state index contributed by atoms with van der Waals surface area (Å²) in [7, 11) is 3.13. The Balaban J connectivity index is 2.02. The van der Waals surface area contributed by atoms with Crippen LogP contribution in [0.3, 0.4) is 0 Å². The average molecular weight is 305 g/mol. The Morgan fingerprint density at radius 2 is 1.90 bits per heavy atom. The summed E-state index contributed by atoms with van der Waals surface area (Å²) in [6.45, 7) is 0.665. The van der Waals surface area contributed by atoms with Crippen LogP contribution in [0, 0.1) is 0 Å². The Morgan fingerprint density at radius 1 is 1.14 bits per heavy atom. The number of benzene rings is 2. The quantitative estimate of drug-likeness (QED) is 0.656. The Morgan fingerprint density at radius 3 is 2.57 bits per heavy atom. The highest BCUT2D eigenvalue weighted by molar-refractivity contribution is 6.32. The zero-order valence-electron chi connectivity index (χ0n) is 12.0. The molecule has 0 unspecified atom stereocenters. The van der Waals surface area contributed by atoms with Crippen LogP contribution in [-0.2, 0) is 6.54 Å². The molecule has 4 nitrogen and oxygen atoms in total. The fourth-order valence-electron chi connectivity index (χ4n) is 1.87. The van der Waals surface area contributed by atoms with Crippen LogP contribution in [0.5, 0.6) is 11.5 Å². The van der Waals surface area contributed by atoms with E-state index < -0.39 is 0 Å². The van der Waals surface area contributed by atoms with E-state index in [9.17, 15) is 0 Å². The summed E-state index contributed by atoms with van der Waals surface area (Å²) >= 11 is 6.14. The summed E-state index contributed by atoms with van der Waals surface area (Å²) in [6.07, 6.45) is 1.69. The predicted molar refractivity (Wildman–Crippen MR) is 85.4 cm³/mol. The maximum absolute atomic E-state index is 6.14. The summed E-state index contributed by atoms with van der Waals surface area (Å²) in [4.78, 5) is 0. The van der Waals surface area contributed by atoms with Crippen molar-refractivity contribution in [3.05, 3.63) is 58.6 Å². The van der Waals surface area contributed by atoms with E-state index in [1.807, 2.05) is 36.4 Å². The van der Waals surface area contributed by atoms with Gasteiger partial charge in [0.05, 0.1) is 32.0 Å². The number of nitrogens with one attached hydrogen (secondary N) is 1. The number of nitrogens with zero attached hydrogens (tertiary/aromatic N) is 1. The zero-order chi connectivity index (χ0) is 15.1. The maximum Gasteiger partial charge on any atom is 0.179 e. The van der Waals surface area contributed by atoms with Crippen LogP contribution < -0.4 is 14.9 Å². The molecule has 0 fully saturated rings. The Bertz CT molecular complexity index is 615. The molecule has 0 aromatic heterocycles. The van der Waals surface area contributed by atoms with Crippen molar-refractivity contribution >= 4 is 17.8 Å². The smallest absolute Gasteiger partial charge is 0.179 e. The molecular formula is C16H17ClN2O2. The first kappa shape index (κ1) is 15.2. The molecule has 0 spiro atoms. The van der Waals surface area contributed by atoms with Crippen molar-refractivity contribution in [2.24, 2.45) is 5.10 Å². The second-order valence-corrected chi connectivity index (χ2v) is 4.72. The summed E-state index contributed by atoms with van der Waals surface area (Å²) in [5.41, 5.74) is 4.99. The number of halogens is 1. The van der Waals surface area contributed by atoms with Crippen molar-refractivity contribution in [1.29, 1.82) is 0 Å². The fourth-order valence-corrected chi connectivity index (χ4v) is 2.16. The lowest BCUT2D eigenvalue weighted by molar-refractivity contribution is 0.355. The molecule has 0 aliphatic heterocycles. The van der Waals surface area contributed by atoms with Crippen molar-refractivity contribution in [2.45, 2.75) is 6.54 Å². The number of rotatable bonds is 6. The molecule has 2 aromatic rings. The van der Waals surface area contributed by atoms with E-state index in [1.54, 1.807) is 26.5 Å². The van der Waals surface area contributed by atoms with Gasteiger partial charge in [0.2, 0.25) is 0 Å². The topological polar surface area (TPSA) is 42.8 Å². The van der Waals surface area contributed by atoms with Crippen LogP contribution in [0.1, 0.15) is 11.1 Å². The monoisotopic (exact) mass is 304 g/mol. The summed E-state index contributed by atoms with van der Waals surface area (Å²) in [5, 5.41) is 4.67. The van der Waals surface area contributed by atoms with Gasteiger partial charge in [0.1, 0.15) is 0 Å². The molecule has 5 heteroatoms. The first-order chi connectivity index (χ1) is 10.2. The van der Waals surface area contributed by atoms with E-state index in [0.29, 0.717) is 23.1 Å². The van der Waals surface area contributed by atoms with Crippen LogP contribution in [0.25, 0.3) is 0 Å². The Hall–Kier alpha value is -2.20. The van der Waals surface area contributed by atoms with Crippen molar-refractivity contribution in [2.75, 3.05) is 14.2 Å². The molecule has 0 saturated carbocycles. The minimum atomic E-state index is 0.487.